The van der Waals surface area contributed by atoms with Gasteiger partial charge >= 0.3 is 12.1 Å². The van der Waals surface area contributed by atoms with Crippen LogP contribution in [0.3, 0.4) is 0 Å². The van der Waals surface area contributed by atoms with Crippen molar-refractivity contribution in [2.45, 2.75) is 53.1 Å². The lowest BCUT2D eigenvalue weighted by atomic mass is 10.1. The lowest BCUT2D eigenvalue weighted by Crippen LogP contribution is -2.34. The molecule has 1 atom stereocenters. The van der Waals surface area contributed by atoms with Crippen molar-refractivity contribution in [3.63, 3.8) is 0 Å². The van der Waals surface area contributed by atoms with Gasteiger partial charge in [-0.2, -0.15) is 5.10 Å². The molecule has 0 radical (unpaired) electrons. The second kappa shape index (κ2) is 10.8. The Labute approximate surface area is 189 Å². The molecule has 32 heavy (non-hydrogen) atoms. The van der Waals surface area contributed by atoms with E-state index >= 15 is 0 Å². The van der Waals surface area contributed by atoms with Crippen molar-refractivity contribution in [3.05, 3.63) is 35.3 Å². The summed E-state index contributed by atoms with van der Waals surface area (Å²) in [6, 6.07) is 3.37. The molecule has 2 heterocycles. The molecular weight excluding hydrogens is 408 g/mol. The first-order chi connectivity index (χ1) is 15.0. The molecule has 8 nitrogen and oxygen atoms in total. The fraction of sp³-hybridized carbons (Fsp3) is 0.500. The largest absolute Gasteiger partial charge is 0.465 e. The molecule has 0 saturated heterocycles. The summed E-state index contributed by atoms with van der Waals surface area (Å²) in [7, 11) is 3.17. The Kier molecular flexibility index (Phi) is 8.41. The van der Waals surface area contributed by atoms with Crippen molar-refractivity contribution in [1.29, 1.82) is 0 Å². The van der Waals surface area contributed by atoms with E-state index in [9.17, 15) is 9.59 Å². The fourth-order valence-corrected chi connectivity index (χ4v) is 2.95. The normalized spacial score (nSPS) is 11.8. The summed E-state index contributed by atoms with van der Waals surface area (Å²) in [4.78, 5) is 28.2. The summed E-state index contributed by atoms with van der Waals surface area (Å²) in [6.45, 7) is 9.91. The van der Waals surface area contributed by atoms with Gasteiger partial charge in [0.15, 0.2) is 0 Å². The van der Waals surface area contributed by atoms with E-state index in [1.807, 2.05) is 34.7 Å². The second-order valence-electron chi connectivity index (χ2n) is 8.73. The monoisotopic (exact) mass is 440 g/mol. The molecule has 172 valence electrons. The molecule has 2 rings (SSSR count). The number of ether oxygens (including phenoxy) is 2. The number of hydrogen-bond donors (Lipinski definition) is 1. The third kappa shape index (κ3) is 7.41. The van der Waals surface area contributed by atoms with Crippen LogP contribution in [0.2, 0.25) is 0 Å². The number of methoxy groups -OCH3 is 1. The van der Waals surface area contributed by atoms with Crippen LogP contribution in [-0.4, -0.2) is 46.1 Å². The van der Waals surface area contributed by atoms with E-state index in [2.05, 4.69) is 34.2 Å². The molecule has 0 aliphatic heterocycles. The molecule has 2 aromatic rings. The Morgan fingerprint density at radius 2 is 2.00 bits per heavy atom. The topological polar surface area (TPSA) is 95.3 Å². The van der Waals surface area contributed by atoms with E-state index in [0.717, 1.165) is 17.7 Å². The number of hydrogen-bond acceptors (Lipinski definition) is 6. The van der Waals surface area contributed by atoms with Crippen LogP contribution in [0.15, 0.2) is 18.3 Å². The Morgan fingerprint density at radius 3 is 2.66 bits per heavy atom. The van der Waals surface area contributed by atoms with Crippen LogP contribution in [0.5, 0.6) is 0 Å². The van der Waals surface area contributed by atoms with Crippen LogP contribution in [0.1, 0.15) is 62.3 Å². The van der Waals surface area contributed by atoms with Crippen LogP contribution in [0.25, 0.3) is 11.3 Å². The molecule has 0 fully saturated rings. The third-order valence-electron chi connectivity index (χ3n) is 4.55. The lowest BCUT2D eigenvalue weighted by Gasteiger charge is -2.20. The van der Waals surface area contributed by atoms with Gasteiger partial charge in [0.25, 0.3) is 0 Å². The van der Waals surface area contributed by atoms with Crippen molar-refractivity contribution < 1.29 is 19.1 Å². The van der Waals surface area contributed by atoms with Crippen LogP contribution < -0.4 is 5.32 Å². The molecule has 2 aromatic heterocycles. The Hall–Kier alpha value is -3.34. The quantitative estimate of drug-likeness (QED) is 0.541. The van der Waals surface area contributed by atoms with Gasteiger partial charge in [-0.1, -0.05) is 12.8 Å². The number of pyridine rings is 1. The molecule has 0 bridgehead atoms. The minimum atomic E-state index is -0.511. The highest BCUT2D eigenvalue weighted by molar-refractivity contribution is 5.90. The standard InChI is InChI=1S/C24H32N4O4/c1-16(14-25-23(30)32-24(3,4)5)10-8-9-11-21-19(15-26-28(21)6)20-13-18(22(29)31-7)12-17(2)27-20/h12-13,15-16H,8,10,14H2,1-7H3,(H,25,30). The number of amides is 1. The van der Waals surface area contributed by atoms with Gasteiger partial charge in [0.05, 0.1) is 30.1 Å². The zero-order valence-corrected chi connectivity index (χ0v) is 19.9. The van der Waals surface area contributed by atoms with E-state index in [0.29, 0.717) is 29.9 Å². The molecular formula is C24H32N4O4. The van der Waals surface area contributed by atoms with Crippen molar-refractivity contribution in [2.75, 3.05) is 13.7 Å². The van der Waals surface area contributed by atoms with Gasteiger partial charge in [0, 0.05) is 25.7 Å². The first-order valence-corrected chi connectivity index (χ1v) is 10.5. The first-order valence-electron chi connectivity index (χ1n) is 10.5. The smallest absolute Gasteiger partial charge is 0.407 e. The number of alkyl carbamates (subject to hydrolysis) is 1. The Morgan fingerprint density at radius 1 is 1.28 bits per heavy atom. The van der Waals surface area contributed by atoms with E-state index in [4.69, 9.17) is 9.47 Å². The summed E-state index contributed by atoms with van der Waals surface area (Å²) in [5, 5.41) is 7.09. The summed E-state index contributed by atoms with van der Waals surface area (Å²) in [5.41, 5.74) is 2.73. The van der Waals surface area contributed by atoms with Gasteiger partial charge < -0.3 is 14.8 Å². The third-order valence-corrected chi connectivity index (χ3v) is 4.55. The first kappa shape index (κ1) is 24.9. The highest BCUT2D eigenvalue weighted by Crippen LogP contribution is 2.23. The summed E-state index contributed by atoms with van der Waals surface area (Å²) < 4.78 is 11.8. The van der Waals surface area contributed by atoms with Crippen molar-refractivity contribution in [1.82, 2.24) is 20.1 Å². The number of carbonyl (C=O) groups excluding carboxylic acids is 2. The van der Waals surface area contributed by atoms with E-state index in [1.54, 1.807) is 23.0 Å². The minimum absolute atomic E-state index is 0.254. The van der Waals surface area contributed by atoms with Gasteiger partial charge in [-0.05, 0) is 58.1 Å². The molecule has 1 N–H and O–H groups in total. The van der Waals surface area contributed by atoms with Gasteiger partial charge in [-0.25, -0.2) is 9.59 Å². The number of nitrogens with one attached hydrogen (secondary N) is 1. The highest BCUT2D eigenvalue weighted by atomic mass is 16.6. The van der Waals surface area contributed by atoms with Gasteiger partial charge in [0.1, 0.15) is 11.3 Å². The number of esters is 1. The minimum Gasteiger partial charge on any atom is -0.465 e. The molecule has 0 aliphatic rings. The maximum Gasteiger partial charge on any atom is 0.407 e. The maximum atomic E-state index is 11.9. The second-order valence-corrected chi connectivity index (χ2v) is 8.73. The maximum absolute atomic E-state index is 11.9. The summed E-state index contributed by atoms with van der Waals surface area (Å²) in [6.07, 6.45) is 2.77. The fourth-order valence-electron chi connectivity index (χ4n) is 2.95. The van der Waals surface area contributed by atoms with Crippen molar-refractivity contribution in [2.24, 2.45) is 13.0 Å². The zero-order chi connectivity index (χ0) is 23.9. The van der Waals surface area contributed by atoms with E-state index < -0.39 is 17.7 Å². The Bertz CT molecular complexity index is 1020. The summed E-state index contributed by atoms with van der Waals surface area (Å²) in [5.74, 6) is 6.20. The predicted molar refractivity (Wildman–Crippen MR) is 122 cm³/mol. The van der Waals surface area contributed by atoms with Crippen LogP contribution >= 0.6 is 0 Å². The van der Waals surface area contributed by atoms with Gasteiger partial charge in [-0.15, -0.1) is 0 Å². The number of carbonyl (C=O) groups is 2. The van der Waals surface area contributed by atoms with Crippen molar-refractivity contribution >= 4 is 12.1 Å². The van der Waals surface area contributed by atoms with Crippen LogP contribution in [0, 0.1) is 24.7 Å². The number of aromatic nitrogens is 3. The predicted octanol–water partition coefficient (Wildman–Crippen LogP) is 3.87. The van der Waals surface area contributed by atoms with E-state index in [-0.39, 0.29) is 5.92 Å². The van der Waals surface area contributed by atoms with Crippen LogP contribution in [0.4, 0.5) is 4.79 Å². The zero-order valence-electron chi connectivity index (χ0n) is 19.9. The number of nitrogens with zero attached hydrogens (tertiary/aromatic N) is 3. The highest BCUT2D eigenvalue weighted by Gasteiger charge is 2.17. The molecule has 0 aliphatic carbocycles. The van der Waals surface area contributed by atoms with Gasteiger partial charge in [0.2, 0.25) is 0 Å². The number of rotatable bonds is 6. The molecule has 0 saturated carbocycles. The Balaban J connectivity index is 2.03. The lowest BCUT2D eigenvalue weighted by molar-refractivity contribution is 0.0518. The molecule has 0 spiro atoms. The van der Waals surface area contributed by atoms with Gasteiger partial charge in [-0.3, -0.25) is 9.67 Å². The SMILES string of the molecule is COC(=O)c1cc(C)nc(-c2cnn(C)c2C#CCCC(C)CNC(=O)OC(C)(C)C)c1. The van der Waals surface area contributed by atoms with Crippen LogP contribution in [-0.2, 0) is 16.5 Å². The molecule has 1 unspecified atom stereocenters. The average Bonchev–Trinajstić information content (AvgIpc) is 3.07. The van der Waals surface area contributed by atoms with E-state index in [1.165, 1.54) is 7.11 Å². The average molecular weight is 441 g/mol. The summed E-state index contributed by atoms with van der Waals surface area (Å²) >= 11 is 0. The number of aryl methyl sites for hydroxylation is 2. The molecule has 1 amide bonds. The molecule has 8 heteroatoms. The molecule has 0 aromatic carbocycles. The van der Waals surface area contributed by atoms with Crippen molar-refractivity contribution in [3.8, 4) is 23.1 Å².